The Morgan fingerprint density at radius 1 is 1.50 bits per heavy atom. The first-order chi connectivity index (χ1) is 6.74. The second kappa shape index (κ2) is 3.59. The first-order valence-electron chi connectivity index (χ1n) is 4.81. The van der Waals surface area contributed by atoms with Crippen LogP contribution in [0.15, 0.2) is 18.2 Å². The Morgan fingerprint density at radius 3 is 3.00 bits per heavy atom. The average Bonchev–Trinajstić information content (AvgIpc) is 2.18. The quantitative estimate of drug-likeness (QED) is 0.699. The molecule has 1 heterocycles. The topological polar surface area (TPSA) is 41.5 Å². The van der Waals surface area contributed by atoms with Crippen molar-refractivity contribution < 1.29 is 9.84 Å². The molecular weight excluding hydrogens is 178 g/mol. The van der Waals surface area contributed by atoms with Gasteiger partial charge in [-0.05, 0) is 25.6 Å². The number of ether oxygens (including phenoxy) is 1. The fraction of sp³-hybridized carbons (Fsp3) is 0.455. The molecule has 1 aromatic carbocycles. The first-order valence-corrected chi connectivity index (χ1v) is 4.81. The zero-order valence-corrected chi connectivity index (χ0v) is 8.45. The standard InChI is InChI=1S/C11H15NO2/c1-7-4-3-5-9-10(7)11(13)8(12-2)6-14-9/h3-5,8,11-13H,6H2,1-2H3. The monoisotopic (exact) mass is 193 g/mol. The molecule has 3 heteroatoms. The molecule has 2 unspecified atom stereocenters. The van der Waals surface area contributed by atoms with Gasteiger partial charge in [0.15, 0.2) is 0 Å². The molecular formula is C11H15NO2. The molecule has 2 rings (SSSR count). The summed E-state index contributed by atoms with van der Waals surface area (Å²) >= 11 is 0. The van der Waals surface area contributed by atoms with Crippen molar-refractivity contribution in [3.8, 4) is 5.75 Å². The second-order valence-corrected chi connectivity index (χ2v) is 3.64. The molecule has 2 atom stereocenters. The van der Waals surface area contributed by atoms with E-state index in [1.54, 1.807) is 0 Å². The van der Waals surface area contributed by atoms with E-state index in [1.807, 2.05) is 32.2 Å². The number of hydrogen-bond acceptors (Lipinski definition) is 3. The molecule has 1 aromatic rings. The molecule has 76 valence electrons. The van der Waals surface area contributed by atoms with Crippen LogP contribution < -0.4 is 10.1 Å². The number of aliphatic hydroxyl groups is 1. The first kappa shape index (κ1) is 9.49. The summed E-state index contributed by atoms with van der Waals surface area (Å²) in [6, 6.07) is 5.82. The van der Waals surface area contributed by atoms with Crippen molar-refractivity contribution in [1.29, 1.82) is 0 Å². The van der Waals surface area contributed by atoms with Crippen LogP contribution in [0.2, 0.25) is 0 Å². The number of likely N-dealkylation sites (N-methyl/N-ethyl adjacent to an activating group) is 1. The highest BCUT2D eigenvalue weighted by Crippen LogP contribution is 2.34. The van der Waals surface area contributed by atoms with E-state index in [4.69, 9.17) is 4.74 Å². The van der Waals surface area contributed by atoms with Crippen LogP contribution in [0.1, 0.15) is 17.2 Å². The summed E-state index contributed by atoms with van der Waals surface area (Å²) in [7, 11) is 1.83. The molecule has 0 amide bonds. The van der Waals surface area contributed by atoms with Gasteiger partial charge in [-0.3, -0.25) is 0 Å². The molecule has 0 aliphatic carbocycles. The second-order valence-electron chi connectivity index (χ2n) is 3.64. The van der Waals surface area contributed by atoms with Gasteiger partial charge in [-0.15, -0.1) is 0 Å². The summed E-state index contributed by atoms with van der Waals surface area (Å²) in [5.74, 6) is 0.809. The number of aliphatic hydroxyl groups excluding tert-OH is 1. The number of hydrogen-bond donors (Lipinski definition) is 2. The normalized spacial score (nSPS) is 25.4. The highest BCUT2D eigenvalue weighted by Gasteiger charge is 2.29. The van der Waals surface area contributed by atoms with Gasteiger partial charge in [-0.25, -0.2) is 0 Å². The molecule has 0 bridgehead atoms. The number of aryl methyl sites for hydroxylation is 1. The Labute approximate surface area is 83.7 Å². The van der Waals surface area contributed by atoms with Crippen molar-refractivity contribution in [3.05, 3.63) is 29.3 Å². The lowest BCUT2D eigenvalue weighted by atomic mass is 9.95. The van der Waals surface area contributed by atoms with E-state index in [0.29, 0.717) is 6.61 Å². The van der Waals surface area contributed by atoms with Gasteiger partial charge in [0, 0.05) is 5.56 Å². The van der Waals surface area contributed by atoms with Gasteiger partial charge < -0.3 is 15.2 Å². The molecule has 1 aliphatic rings. The highest BCUT2D eigenvalue weighted by molar-refractivity contribution is 5.43. The van der Waals surface area contributed by atoms with E-state index >= 15 is 0 Å². The number of rotatable bonds is 1. The van der Waals surface area contributed by atoms with Crippen LogP contribution in [0, 0.1) is 6.92 Å². The lowest BCUT2D eigenvalue weighted by molar-refractivity contribution is 0.0767. The Morgan fingerprint density at radius 2 is 2.29 bits per heavy atom. The van der Waals surface area contributed by atoms with E-state index in [1.165, 1.54) is 0 Å². The maximum absolute atomic E-state index is 10.1. The molecule has 0 spiro atoms. The molecule has 0 fully saturated rings. The van der Waals surface area contributed by atoms with Crippen molar-refractivity contribution in [2.24, 2.45) is 0 Å². The molecule has 2 N–H and O–H groups in total. The molecule has 0 saturated heterocycles. The van der Waals surface area contributed by atoms with Crippen molar-refractivity contribution in [2.75, 3.05) is 13.7 Å². The summed E-state index contributed by atoms with van der Waals surface area (Å²) < 4.78 is 5.56. The van der Waals surface area contributed by atoms with Gasteiger partial charge in [0.25, 0.3) is 0 Å². The van der Waals surface area contributed by atoms with E-state index in [-0.39, 0.29) is 6.04 Å². The maximum atomic E-state index is 10.1. The third kappa shape index (κ3) is 1.38. The minimum Gasteiger partial charge on any atom is -0.491 e. The number of benzene rings is 1. The summed E-state index contributed by atoms with van der Waals surface area (Å²) in [4.78, 5) is 0. The summed E-state index contributed by atoms with van der Waals surface area (Å²) in [6.45, 7) is 2.51. The van der Waals surface area contributed by atoms with E-state index in [0.717, 1.165) is 16.9 Å². The van der Waals surface area contributed by atoms with Crippen LogP contribution in [0.4, 0.5) is 0 Å². The molecule has 0 saturated carbocycles. The smallest absolute Gasteiger partial charge is 0.125 e. The van der Waals surface area contributed by atoms with Gasteiger partial charge in [-0.2, -0.15) is 0 Å². The van der Waals surface area contributed by atoms with Crippen molar-refractivity contribution in [3.63, 3.8) is 0 Å². The lowest BCUT2D eigenvalue weighted by Gasteiger charge is -2.31. The summed E-state index contributed by atoms with van der Waals surface area (Å²) in [5, 5.41) is 13.1. The van der Waals surface area contributed by atoms with Crippen LogP contribution in [0.3, 0.4) is 0 Å². The highest BCUT2D eigenvalue weighted by atomic mass is 16.5. The fourth-order valence-corrected chi connectivity index (χ4v) is 1.87. The Bertz CT molecular complexity index is 338. The van der Waals surface area contributed by atoms with Crippen LogP contribution in [-0.2, 0) is 0 Å². The van der Waals surface area contributed by atoms with Crippen molar-refractivity contribution >= 4 is 0 Å². The van der Waals surface area contributed by atoms with Gasteiger partial charge >= 0.3 is 0 Å². The van der Waals surface area contributed by atoms with Crippen LogP contribution in [0.5, 0.6) is 5.75 Å². The maximum Gasteiger partial charge on any atom is 0.125 e. The Balaban J connectivity index is 2.43. The molecule has 0 aromatic heterocycles. The molecule has 1 aliphatic heterocycles. The molecule has 14 heavy (non-hydrogen) atoms. The van der Waals surface area contributed by atoms with E-state index in [9.17, 15) is 5.11 Å². The van der Waals surface area contributed by atoms with E-state index in [2.05, 4.69) is 5.32 Å². The zero-order chi connectivity index (χ0) is 10.1. The fourth-order valence-electron chi connectivity index (χ4n) is 1.87. The predicted molar refractivity (Wildman–Crippen MR) is 54.5 cm³/mol. The SMILES string of the molecule is CNC1COc2cccc(C)c2C1O. The van der Waals surface area contributed by atoms with Crippen LogP contribution >= 0.6 is 0 Å². The molecule has 3 nitrogen and oxygen atoms in total. The number of nitrogens with one attached hydrogen (secondary N) is 1. The Kier molecular flexibility index (Phi) is 2.44. The molecule has 0 radical (unpaired) electrons. The van der Waals surface area contributed by atoms with Gasteiger partial charge in [0.05, 0.1) is 6.04 Å². The van der Waals surface area contributed by atoms with Crippen LogP contribution in [0.25, 0.3) is 0 Å². The van der Waals surface area contributed by atoms with E-state index < -0.39 is 6.10 Å². The van der Waals surface area contributed by atoms with Crippen LogP contribution in [-0.4, -0.2) is 24.8 Å². The zero-order valence-electron chi connectivity index (χ0n) is 8.45. The number of fused-ring (bicyclic) bond motifs is 1. The third-order valence-corrected chi connectivity index (χ3v) is 2.75. The minimum atomic E-state index is -0.468. The Hall–Kier alpha value is -1.06. The summed E-state index contributed by atoms with van der Waals surface area (Å²) in [6.07, 6.45) is -0.468. The third-order valence-electron chi connectivity index (χ3n) is 2.75. The largest absolute Gasteiger partial charge is 0.491 e. The van der Waals surface area contributed by atoms with Crippen molar-refractivity contribution in [1.82, 2.24) is 5.32 Å². The lowest BCUT2D eigenvalue weighted by Crippen LogP contribution is -2.40. The predicted octanol–water partition coefficient (Wildman–Crippen LogP) is 1.01. The van der Waals surface area contributed by atoms with Gasteiger partial charge in [0.2, 0.25) is 0 Å². The summed E-state index contributed by atoms with van der Waals surface area (Å²) in [5.41, 5.74) is 1.99. The van der Waals surface area contributed by atoms with Crippen molar-refractivity contribution in [2.45, 2.75) is 19.1 Å². The minimum absolute atomic E-state index is 0.0106. The van der Waals surface area contributed by atoms with Gasteiger partial charge in [-0.1, -0.05) is 12.1 Å². The average molecular weight is 193 g/mol. The van der Waals surface area contributed by atoms with Gasteiger partial charge in [0.1, 0.15) is 18.5 Å².